The van der Waals surface area contributed by atoms with Crippen LogP contribution in [0.15, 0.2) is 12.1 Å². The summed E-state index contributed by atoms with van der Waals surface area (Å²) in [6, 6.07) is 3.43. The number of carbonyl (C=O) groups is 1. The zero-order chi connectivity index (χ0) is 18.2. The largest absolute Gasteiger partial charge is 0.496 e. The van der Waals surface area contributed by atoms with Crippen molar-refractivity contribution in [3.05, 3.63) is 22.7 Å². The predicted octanol–water partition coefficient (Wildman–Crippen LogP) is 4.76. The zero-order valence-electron chi connectivity index (χ0n) is 15.9. The number of Topliss-reactive ketones (excluding diaryl/α,β-unsaturated/α-hetero) is 1. The number of methoxy groups -OCH3 is 1. The molecular weight excluding hydrogens is 371 g/mol. The molecule has 26 heavy (non-hydrogen) atoms. The third kappa shape index (κ3) is 6.98. The number of nitrogen functional groups attached to an aromatic ring is 1. The van der Waals surface area contributed by atoms with Crippen LogP contribution in [0.2, 0.25) is 5.02 Å². The van der Waals surface area contributed by atoms with E-state index >= 15 is 0 Å². The minimum atomic E-state index is 0. The number of rotatable bonds is 9. The second kappa shape index (κ2) is 11.7. The minimum absolute atomic E-state index is 0. The molecule has 0 unspecified atom stereocenters. The van der Waals surface area contributed by atoms with Crippen LogP contribution in [0, 0.1) is 5.92 Å². The quantitative estimate of drug-likeness (QED) is 0.605. The number of ether oxygens (including phenoxy) is 1. The van der Waals surface area contributed by atoms with Gasteiger partial charge < -0.3 is 15.4 Å². The van der Waals surface area contributed by atoms with Crippen molar-refractivity contribution in [1.82, 2.24) is 4.90 Å². The SMILES string of the molecule is CCCC1CCN(CCCC(=O)Cc2cc(Cl)c(N)cc2OC)CC1.Cl. The molecule has 4 nitrogen and oxygen atoms in total. The van der Waals surface area contributed by atoms with E-state index in [0.29, 0.717) is 29.3 Å². The van der Waals surface area contributed by atoms with Gasteiger partial charge in [-0.3, -0.25) is 4.79 Å². The average molecular weight is 403 g/mol. The molecule has 0 radical (unpaired) electrons. The first-order valence-electron chi connectivity index (χ1n) is 9.39. The lowest BCUT2D eigenvalue weighted by molar-refractivity contribution is -0.118. The fourth-order valence-electron chi connectivity index (χ4n) is 3.65. The van der Waals surface area contributed by atoms with Crippen molar-refractivity contribution in [3.8, 4) is 5.75 Å². The number of ketones is 1. The van der Waals surface area contributed by atoms with Gasteiger partial charge in [0.05, 0.1) is 17.8 Å². The molecule has 1 saturated heterocycles. The number of likely N-dealkylation sites (tertiary alicyclic amines) is 1. The van der Waals surface area contributed by atoms with Crippen LogP contribution in [0.3, 0.4) is 0 Å². The Bertz CT molecular complexity index is 573. The predicted molar refractivity (Wildman–Crippen MR) is 112 cm³/mol. The molecule has 1 aromatic carbocycles. The summed E-state index contributed by atoms with van der Waals surface area (Å²) in [5, 5.41) is 0.471. The Morgan fingerprint density at radius 1 is 1.35 bits per heavy atom. The Morgan fingerprint density at radius 3 is 2.65 bits per heavy atom. The lowest BCUT2D eigenvalue weighted by atomic mass is 9.92. The van der Waals surface area contributed by atoms with Crippen molar-refractivity contribution >= 4 is 35.5 Å². The maximum Gasteiger partial charge on any atom is 0.137 e. The van der Waals surface area contributed by atoms with Crippen LogP contribution >= 0.6 is 24.0 Å². The van der Waals surface area contributed by atoms with Gasteiger partial charge in [-0.2, -0.15) is 0 Å². The van der Waals surface area contributed by atoms with Gasteiger partial charge >= 0.3 is 0 Å². The maximum atomic E-state index is 12.3. The van der Waals surface area contributed by atoms with Gasteiger partial charge in [-0.25, -0.2) is 0 Å². The third-order valence-electron chi connectivity index (χ3n) is 5.12. The highest BCUT2D eigenvalue weighted by atomic mass is 35.5. The summed E-state index contributed by atoms with van der Waals surface area (Å²) in [4.78, 5) is 14.8. The number of nitrogens with two attached hydrogens (primary N) is 1. The molecule has 1 aromatic rings. The lowest BCUT2D eigenvalue weighted by Gasteiger charge is -2.31. The molecule has 0 aromatic heterocycles. The Balaban J connectivity index is 0.00000338. The molecule has 1 aliphatic rings. The Labute approximate surface area is 168 Å². The molecule has 0 saturated carbocycles. The molecule has 2 rings (SSSR count). The molecule has 1 aliphatic heterocycles. The number of hydrogen-bond acceptors (Lipinski definition) is 4. The molecule has 0 bridgehead atoms. The monoisotopic (exact) mass is 402 g/mol. The number of piperidine rings is 1. The molecule has 148 valence electrons. The van der Waals surface area contributed by atoms with E-state index < -0.39 is 0 Å². The number of anilines is 1. The van der Waals surface area contributed by atoms with Gasteiger partial charge in [0.2, 0.25) is 0 Å². The summed E-state index contributed by atoms with van der Waals surface area (Å²) in [7, 11) is 1.58. The van der Waals surface area contributed by atoms with Gasteiger partial charge in [0, 0.05) is 24.5 Å². The first-order valence-corrected chi connectivity index (χ1v) is 9.77. The second-order valence-electron chi connectivity index (χ2n) is 7.08. The topological polar surface area (TPSA) is 55.6 Å². The number of hydrogen-bond donors (Lipinski definition) is 1. The van der Waals surface area contributed by atoms with E-state index in [0.717, 1.165) is 24.4 Å². The zero-order valence-corrected chi connectivity index (χ0v) is 17.5. The molecule has 1 fully saturated rings. The van der Waals surface area contributed by atoms with Crippen molar-refractivity contribution in [2.24, 2.45) is 5.92 Å². The highest BCUT2D eigenvalue weighted by Gasteiger charge is 2.18. The van der Waals surface area contributed by atoms with Crippen molar-refractivity contribution in [3.63, 3.8) is 0 Å². The molecule has 2 N–H and O–H groups in total. The highest BCUT2D eigenvalue weighted by Crippen LogP contribution is 2.29. The van der Waals surface area contributed by atoms with Gasteiger partial charge in [0.15, 0.2) is 0 Å². The molecular formula is C20H32Cl2N2O2. The summed E-state index contributed by atoms with van der Waals surface area (Å²) < 4.78 is 5.31. The van der Waals surface area contributed by atoms with E-state index in [4.69, 9.17) is 22.1 Å². The number of nitrogens with zero attached hydrogens (tertiary/aromatic N) is 1. The van der Waals surface area contributed by atoms with Gasteiger partial charge in [0.25, 0.3) is 0 Å². The van der Waals surface area contributed by atoms with Crippen molar-refractivity contribution in [1.29, 1.82) is 0 Å². The standard InChI is InChI=1S/C20H31ClN2O2.ClH/c1-3-5-15-7-10-23(11-8-15)9-4-6-17(24)12-16-13-18(21)19(22)14-20(16)25-2;/h13-15H,3-12,22H2,1-2H3;1H. The third-order valence-corrected chi connectivity index (χ3v) is 5.45. The van der Waals surface area contributed by atoms with Gasteiger partial charge in [0.1, 0.15) is 11.5 Å². The van der Waals surface area contributed by atoms with Gasteiger partial charge in [-0.1, -0.05) is 31.4 Å². The van der Waals surface area contributed by atoms with Crippen LogP contribution in [0.25, 0.3) is 0 Å². The first-order chi connectivity index (χ1) is 12.0. The van der Waals surface area contributed by atoms with Crippen LogP contribution in [-0.4, -0.2) is 37.4 Å². The Morgan fingerprint density at radius 2 is 2.04 bits per heavy atom. The molecule has 6 heteroatoms. The van der Waals surface area contributed by atoms with Crippen molar-refractivity contribution in [2.75, 3.05) is 32.5 Å². The Kier molecular flexibility index (Phi) is 10.4. The van der Waals surface area contributed by atoms with Gasteiger partial charge in [-0.05, 0) is 50.9 Å². The van der Waals surface area contributed by atoms with Crippen molar-refractivity contribution < 1.29 is 9.53 Å². The fraction of sp³-hybridized carbons (Fsp3) is 0.650. The fourth-order valence-corrected chi connectivity index (χ4v) is 3.83. The van der Waals surface area contributed by atoms with Crippen LogP contribution < -0.4 is 10.5 Å². The summed E-state index contributed by atoms with van der Waals surface area (Å²) in [6.07, 6.45) is 7.13. The van der Waals surface area contributed by atoms with Gasteiger partial charge in [-0.15, -0.1) is 12.4 Å². The average Bonchev–Trinajstić information content (AvgIpc) is 2.59. The normalized spacial score (nSPS) is 15.5. The van der Waals surface area contributed by atoms with Crippen LogP contribution in [0.1, 0.15) is 51.0 Å². The molecule has 0 atom stereocenters. The van der Waals surface area contributed by atoms with E-state index in [1.165, 1.54) is 38.8 Å². The van der Waals surface area contributed by atoms with E-state index in [1.807, 2.05) is 0 Å². The summed E-state index contributed by atoms with van der Waals surface area (Å²) >= 11 is 6.07. The lowest BCUT2D eigenvalue weighted by Crippen LogP contribution is -2.34. The molecule has 0 spiro atoms. The Hall–Kier alpha value is -0.970. The second-order valence-corrected chi connectivity index (χ2v) is 7.49. The first kappa shape index (κ1) is 23.1. The summed E-state index contributed by atoms with van der Waals surface area (Å²) in [6.45, 7) is 5.64. The maximum absolute atomic E-state index is 12.3. The minimum Gasteiger partial charge on any atom is -0.496 e. The smallest absolute Gasteiger partial charge is 0.137 e. The van der Waals surface area contributed by atoms with Crippen LogP contribution in [-0.2, 0) is 11.2 Å². The number of halogens is 2. The van der Waals surface area contributed by atoms with E-state index in [2.05, 4.69) is 11.8 Å². The van der Waals surface area contributed by atoms with Crippen LogP contribution in [0.5, 0.6) is 5.75 Å². The van der Waals surface area contributed by atoms with Crippen LogP contribution in [0.4, 0.5) is 5.69 Å². The number of benzene rings is 1. The molecule has 0 aliphatic carbocycles. The summed E-state index contributed by atoms with van der Waals surface area (Å²) in [5.41, 5.74) is 7.07. The van der Waals surface area contributed by atoms with E-state index in [9.17, 15) is 4.79 Å². The number of carbonyl (C=O) groups excluding carboxylic acids is 1. The molecule has 1 heterocycles. The highest BCUT2D eigenvalue weighted by molar-refractivity contribution is 6.33. The molecule has 0 amide bonds. The van der Waals surface area contributed by atoms with E-state index in [1.54, 1.807) is 19.2 Å². The van der Waals surface area contributed by atoms with E-state index in [-0.39, 0.29) is 18.2 Å². The van der Waals surface area contributed by atoms with Crippen molar-refractivity contribution in [2.45, 2.75) is 51.9 Å². The summed E-state index contributed by atoms with van der Waals surface area (Å²) in [5.74, 6) is 1.76.